The Bertz CT molecular complexity index is 1570. The van der Waals surface area contributed by atoms with Gasteiger partial charge in [-0.2, -0.15) is 10.5 Å². The number of nitrogens with two attached hydrogens (primary N) is 1. The molecule has 0 aliphatic heterocycles. The second-order valence-electron chi connectivity index (χ2n) is 7.99. The van der Waals surface area contributed by atoms with Gasteiger partial charge in [-0.15, -0.1) is 11.8 Å². The van der Waals surface area contributed by atoms with Crippen molar-refractivity contribution in [3.8, 4) is 29.0 Å². The number of aromatic nitrogens is 2. The number of carbonyl (C=O) groups excluding carboxylic acids is 1. The summed E-state index contributed by atoms with van der Waals surface area (Å²) in [5.41, 5.74) is 10.2. The number of pyridine rings is 1. The number of benzene rings is 2. The van der Waals surface area contributed by atoms with Gasteiger partial charge in [0.05, 0.1) is 42.0 Å². The quantitative estimate of drug-likeness (QED) is 0.263. The monoisotopic (exact) mass is 513 g/mol. The van der Waals surface area contributed by atoms with Gasteiger partial charge in [-0.1, -0.05) is 24.3 Å². The summed E-state index contributed by atoms with van der Waals surface area (Å²) in [5.74, 6) is 0.419. The molecule has 4 rings (SSSR count). The molecule has 0 aliphatic carbocycles. The Morgan fingerprint density at radius 2 is 1.95 bits per heavy atom. The van der Waals surface area contributed by atoms with Gasteiger partial charge in [0.2, 0.25) is 0 Å². The lowest BCUT2D eigenvalue weighted by Gasteiger charge is -2.13. The lowest BCUT2D eigenvalue weighted by Crippen LogP contribution is -2.10. The number of nitrogen functional groups attached to an aromatic ring is 1. The lowest BCUT2D eigenvalue weighted by molar-refractivity contribution is 0.0591. The first-order valence-electron chi connectivity index (χ1n) is 11.2. The van der Waals surface area contributed by atoms with Crippen molar-refractivity contribution in [1.29, 1.82) is 10.5 Å². The number of esters is 1. The highest BCUT2D eigenvalue weighted by molar-refractivity contribution is 7.98. The van der Waals surface area contributed by atoms with Crippen LogP contribution < -0.4 is 10.5 Å². The maximum atomic E-state index is 12.5. The van der Waals surface area contributed by atoms with Crippen molar-refractivity contribution >= 4 is 34.5 Å². The van der Waals surface area contributed by atoms with Crippen molar-refractivity contribution in [3.63, 3.8) is 0 Å². The molecule has 4 aromatic rings. The van der Waals surface area contributed by atoms with Crippen LogP contribution in [0.5, 0.6) is 5.75 Å². The van der Waals surface area contributed by atoms with Crippen LogP contribution in [0.15, 0.2) is 53.6 Å². The number of rotatable bonds is 8. The summed E-state index contributed by atoms with van der Waals surface area (Å²) >= 11 is 1.35. The van der Waals surface area contributed by atoms with Gasteiger partial charge < -0.3 is 24.9 Å². The zero-order valence-electron chi connectivity index (χ0n) is 20.2. The molecule has 0 radical (unpaired) electrons. The molecule has 186 valence electrons. The van der Waals surface area contributed by atoms with E-state index in [2.05, 4.69) is 12.1 Å². The van der Waals surface area contributed by atoms with E-state index in [4.69, 9.17) is 25.3 Å². The molecular weight excluding hydrogens is 490 g/mol. The number of aryl methyl sites for hydroxylation is 1. The molecule has 0 aliphatic rings. The van der Waals surface area contributed by atoms with Crippen LogP contribution in [0, 0.1) is 22.7 Å². The second-order valence-corrected chi connectivity index (χ2v) is 8.95. The Labute approximate surface area is 217 Å². The normalized spacial score (nSPS) is 10.6. The number of aliphatic hydroxyl groups excluding tert-OH is 1. The fourth-order valence-corrected chi connectivity index (χ4v) is 4.98. The van der Waals surface area contributed by atoms with Crippen molar-refractivity contribution in [3.05, 3.63) is 70.9 Å². The first kappa shape index (κ1) is 25.6. The molecule has 10 heteroatoms. The predicted octanol–water partition coefficient (Wildman–Crippen LogP) is 4.02. The number of ether oxygens (including phenoxy) is 2. The van der Waals surface area contributed by atoms with Crippen LogP contribution in [-0.4, -0.2) is 41.0 Å². The third kappa shape index (κ3) is 4.94. The van der Waals surface area contributed by atoms with Crippen molar-refractivity contribution in [1.82, 2.24) is 9.55 Å². The lowest BCUT2D eigenvalue weighted by atomic mass is 9.98. The number of anilines is 1. The minimum atomic E-state index is -0.613. The maximum Gasteiger partial charge on any atom is 0.356 e. The number of hydrogen-bond donors (Lipinski definition) is 2. The topological polar surface area (TPSA) is 147 Å². The highest BCUT2D eigenvalue weighted by Crippen LogP contribution is 2.42. The molecule has 2 heterocycles. The highest BCUT2D eigenvalue weighted by Gasteiger charge is 2.27. The summed E-state index contributed by atoms with van der Waals surface area (Å²) in [7, 11) is 2.95. The molecule has 0 saturated carbocycles. The van der Waals surface area contributed by atoms with Gasteiger partial charge in [0, 0.05) is 18.4 Å². The molecule has 9 nitrogen and oxygen atoms in total. The van der Waals surface area contributed by atoms with Gasteiger partial charge >= 0.3 is 5.97 Å². The minimum absolute atomic E-state index is 0.111. The Morgan fingerprint density at radius 1 is 1.19 bits per heavy atom. The van der Waals surface area contributed by atoms with Crippen molar-refractivity contribution < 1.29 is 19.4 Å². The number of aliphatic hydroxyl groups is 1. The number of hydrogen-bond acceptors (Lipinski definition) is 9. The first-order chi connectivity index (χ1) is 17.9. The molecule has 0 amide bonds. The molecule has 0 fully saturated rings. The molecule has 0 atom stereocenters. The number of nitrogens with zero attached hydrogens (tertiary/aromatic N) is 4. The van der Waals surface area contributed by atoms with Crippen molar-refractivity contribution in [2.24, 2.45) is 7.05 Å². The molecule has 2 aromatic carbocycles. The van der Waals surface area contributed by atoms with Gasteiger partial charge in [-0.05, 0) is 35.4 Å². The van der Waals surface area contributed by atoms with Gasteiger partial charge in [0.15, 0.2) is 5.69 Å². The van der Waals surface area contributed by atoms with Gasteiger partial charge in [0.25, 0.3) is 0 Å². The van der Waals surface area contributed by atoms with Crippen LogP contribution in [-0.2, 0) is 17.5 Å². The standard InChI is InChI=1S/C27H23N5O4S/c1-32-24(27(34)35-2)23(30)22-21(18-6-8-19(9-7-18)36-11-10-33)20(14-29)26(31-25(22)32)37-15-17-5-3-4-16(12-17)13-28/h3-9,12,33H,10-11,15,30H2,1-2H3. The van der Waals surface area contributed by atoms with E-state index in [1.165, 1.54) is 18.9 Å². The Kier molecular flexibility index (Phi) is 7.63. The molecule has 0 spiro atoms. The fourth-order valence-electron chi connectivity index (χ4n) is 4.06. The number of fused-ring (bicyclic) bond motifs is 1. The summed E-state index contributed by atoms with van der Waals surface area (Å²) in [5, 5.41) is 29.4. The molecular formula is C27H23N5O4S. The summed E-state index contributed by atoms with van der Waals surface area (Å²) in [4.78, 5) is 17.3. The fraction of sp³-hybridized carbons (Fsp3) is 0.185. The van der Waals surface area contributed by atoms with E-state index >= 15 is 0 Å². The van der Waals surface area contributed by atoms with Crippen LogP contribution in [0.4, 0.5) is 5.69 Å². The van der Waals surface area contributed by atoms with Crippen LogP contribution in [0.2, 0.25) is 0 Å². The molecule has 0 unspecified atom stereocenters. The number of methoxy groups -OCH3 is 1. The summed E-state index contributed by atoms with van der Waals surface area (Å²) in [6.45, 7) is 0.0459. The minimum Gasteiger partial charge on any atom is -0.491 e. The first-order valence-corrected chi connectivity index (χ1v) is 12.2. The zero-order valence-corrected chi connectivity index (χ0v) is 21.0. The summed E-state index contributed by atoms with van der Waals surface area (Å²) < 4.78 is 12.0. The van der Waals surface area contributed by atoms with Gasteiger partial charge in [-0.3, -0.25) is 0 Å². The van der Waals surface area contributed by atoms with Crippen LogP contribution in [0.3, 0.4) is 0 Å². The van der Waals surface area contributed by atoms with Crippen LogP contribution >= 0.6 is 11.8 Å². The Morgan fingerprint density at radius 3 is 2.59 bits per heavy atom. The molecule has 37 heavy (non-hydrogen) atoms. The van der Waals surface area contributed by atoms with Gasteiger partial charge in [0.1, 0.15) is 29.1 Å². The van der Waals surface area contributed by atoms with E-state index in [-0.39, 0.29) is 24.6 Å². The number of carbonyl (C=O) groups is 1. The Hall–Kier alpha value is -4.51. The largest absolute Gasteiger partial charge is 0.491 e. The average Bonchev–Trinajstić information content (AvgIpc) is 3.18. The zero-order chi connectivity index (χ0) is 26.5. The highest BCUT2D eigenvalue weighted by atomic mass is 32.2. The van der Waals surface area contributed by atoms with Crippen molar-refractivity contribution in [2.45, 2.75) is 10.8 Å². The maximum absolute atomic E-state index is 12.5. The third-order valence-corrected chi connectivity index (χ3v) is 6.79. The SMILES string of the molecule is COC(=O)c1c(N)c2c(-c3ccc(OCCO)cc3)c(C#N)c(SCc3cccc(C#N)c3)nc2n1C. The summed E-state index contributed by atoms with van der Waals surface area (Å²) in [6, 6.07) is 18.7. The number of nitriles is 2. The third-order valence-electron chi connectivity index (χ3n) is 5.75. The van der Waals surface area contributed by atoms with E-state index in [9.17, 15) is 15.3 Å². The second kappa shape index (κ2) is 11.0. The predicted molar refractivity (Wildman–Crippen MR) is 140 cm³/mol. The summed E-state index contributed by atoms with van der Waals surface area (Å²) in [6.07, 6.45) is 0. The molecule has 3 N–H and O–H groups in total. The van der Waals surface area contributed by atoms with Gasteiger partial charge in [-0.25, -0.2) is 9.78 Å². The van der Waals surface area contributed by atoms with Crippen molar-refractivity contribution in [2.75, 3.05) is 26.1 Å². The smallest absolute Gasteiger partial charge is 0.356 e. The Balaban J connectivity index is 1.92. The van der Waals surface area contributed by atoms with E-state index in [1.807, 2.05) is 12.1 Å². The van der Waals surface area contributed by atoms with Crippen LogP contribution in [0.1, 0.15) is 27.2 Å². The van der Waals surface area contributed by atoms with E-state index in [0.29, 0.717) is 49.8 Å². The van der Waals surface area contributed by atoms with E-state index in [1.54, 1.807) is 48.0 Å². The van der Waals surface area contributed by atoms with Crippen LogP contribution in [0.25, 0.3) is 22.2 Å². The molecule has 2 aromatic heterocycles. The molecule has 0 bridgehead atoms. The van der Waals surface area contributed by atoms with E-state index in [0.717, 1.165) is 5.56 Å². The molecule has 0 saturated heterocycles. The van der Waals surface area contributed by atoms with E-state index < -0.39 is 5.97 Å². The number of thioether (sulfide) groups is 1. The average molecular weight is 514 g/mol.